The normalized spacial score (nSPS) is 23.2. The predicted octanol–water partition coefficient (Wildman–Crippen LogP) is 5.21. The summed E-state index contributed by atoms with van der Waals surface area (Å²) in [7, 11) is -1.62. The first-order chi connectivity index (χ1) is 5.83. The molecule has 0 atom stereocenters. The number of hydrogen-bond donors (Lipinski definition) is 0. The Morgan fingerprint density at radius 3 is 1.69 bits per heavy atom. The zero-order valence-corrected chi connectivity index (χ0v) is 12.1. The van der Waals surface area contributed by atoms with Crippen LogP contribution in [0.3, 0.4) is 0 Å². The molecule has 6 heteroatoms. The SMILES string of the molecule is CCC.CP1(C)=NP=NP(C)(C)=N1. The molecule has 1 heterocycles. The molecule has 0 radical (unpaired) electrons. The quantitative estimate of drug-likeness (QED) is 0.520. The molecule has 0 aliphatic carbocycles. The monoisotopic (exact) mass is 239 g/mol. The summed E-state index contributed by atoms with van der Waals surface area (Å²) >= 11 is 0. The van der Waals surface area contributed by atoms with E-state index in [4.69, 9.17) is 0 Å². The lowest BCUT2D eigenvalue weighted by molar-refractivity contribution is 1.09. The van der Waals surface area contributed by atoms with Crippen LogP contribution in [0, 0.1) is 0 Å². The van der Waals surface area contributed by atoms with Crippen LogP contribution in [0.25, 0.3) is 0 Å². The first-order valence-corrected chi connectivity index (χ1v) is 10.4. The lowest BCUT2D eigenvalue weighted by Gasteiger charge is -2.16. The van der Waals surface area contributed by atoms with Crippen LogP contribution < -0.4 is 0 Å². The second kappa shape index (κ2) is 5.44. The van der Waals surface area contributed by atoms with Gasteiger partial charge in [-0.25, -0.2) is 13.5 Å². The van der Waals surface area contributed by atoms with E-state index in [2.05, 4.69) is 54.1 Å². The maximum Gasteiger partial charge on any atom is 0.154 e. The highest BCUT2D eigenvalue weighted by atomic mass is 31.2. The maximum atomic E-state index is 4.63. The molecule has 78 valence electrons. The van der Waals surface area contributed by atoms with Crippen molar-refractivity contribution in [3.8, 4) is 0 Å². The fourth-order valence-corrected chi connectivity index (χ4v) is 8.03. The molecule has 0 fully saturated rings. The Balaban J connectivity index is 0.000000424. The molecule has 0 spiro atoms. The van der Waals surface area contributed by atoms with Gasteiger partial charge in [-0.2, -0.15) is 0 Å². The summed E-state index contributed by atoms with van der Waals surface area (Å²) in [6.45, 7) is 12.8. The van der Waals surface area contributed by atoms with Gasteiger partial charge in [0.25, 0.3) is 0 Å². The van der Waals surface area contributed by atoms with Crippen molar-refractivity contribution in [3.05, 3.63) is 0 Å². The van der Waals surface area contributed by atoms with Crippen LogP contribution in [-0.2, 0) is 0 Å². The number of hydrogen-bond acceptors (Lipinski definition) is 3. The van der Waals surface area contributed by atoms with E-state index in [1.807, 2.05) is 0 Å². The minimum Gasteiger partial charge on any atom is -0.241 e. The van der Waals surface area contributed by atoms with Gasteiger partial charge in [0.2, 0.25) is 0 Å². The molecule has 3 nitrogen and oxygen atoms in total. The molecule has 0 unspecified atom stereocenters. The minimum absolute atomic E-state index is 0.912. The maximum absolute atomic E-state index is 4.63. The van der Waals surface area contributed by atoms with E-state index < -0.39 is 14.4 Å². The molecule has 1 aliphatic heterocycles. The van der Waals surface area contributed by atoms with Crippen molar-refractivity contribution in [1.82, 2.24) is 0 Å². The van der Waals surface area contributed by atoms with E-state index in [-0.39, 0.29) is 0 Å². The summed E-state index contributed by atoms with van der Waals surface area (Å²) in [5, 5.41) is 0. The van der Waals surface area contributed by atoms with Crippen molar-refractivity contribution in [1.29, 1.82) is 0 Å². The summed E-state index contributed by atoms with van der Waals surface area (Å²) in [5.74, 6) is 0. The topological polar surface area (TPSA) is 37.1 Å². The van der Waals surface area contributed by atoms with Gasteiger partial charge in [0, 0.05) is 0 Å². The van der Waals surface area contributed by atoms with Crippen LogP contribution >= 0.6 is 22.9 Å². The highest BCUT2D eigenvalue weighted by Gasteiger charge is 2.12. The molecule has 0 aromatic carbocycles. The molecule has 1 rings (SSSR count). The third kappa shape index (κ3) is 6.61. The van der Waals surface area contributed by atoms with Crippen LogP contribution in [0.4, 0.5) is 0 Å². The van der Waals surface area contributed by atoms with E-state index in [0.717, 1.165) is 8.52 Å². The van der Waals surface area contributed by atoms with Gasteiger partial charge in [-0.3, -0.25) is 0 Å². The van der Waals surface area contributed by atoms with Crippen LogP contribution in [0.1, 0.15) is 20.3 Å². The molecule has 0 saturated heterocycles. The molecule has 0 amide bonds. The lowest BCUT2D eigenvalue weighted by Crippen LogP contribution is -1.74. The first-order valence-electron chi connectivity index (χ1n) is 4.40. The standard InChI is InChI=1S/C4H12N3P3.C3H8/c1-9(2)5-8-6-10(3,4)7-9;1-3-2/h1-4H3;3H2,1-2H3. The molecule has 0 aromatic rings. The molecule has 1 aliphatic rings. The fraction of sp³-hybridized carbons (Fsp3) is 1.00. The van der Waals surface area contributed by atoms with Crippen molar-refractivity contribution in [2.45, 2.75) is 20.3 Å². The van der Waals surface area contributed by atoms with Crippen molar-refractivity contribution in [2.75, 3.05) is 26.7 Å². The van der Waals surface area contributed by atoms with Gasteiger partial charge in [0.05, 0.1) is 14.4 Å². The van der Waals surface area contributed by atoms with Gasteiger partial charge in [0.15, 0.2) is 8.52 Å². The average molecular weight is 239 g/mol. The Bertz CT molecular complexity index is 274. The van der Waals surface area contributed by atoms with E-state index >= 15 is 0 Å². The van der Waals surface area contributed by atoms with Gasteiger partial charge in [0.1, 0.15) is 0 Å². The minimum atomic E-state index is -1.26. The van der Waals surface area contributed by atoms with Gasteiger partial charge in [-0.1, -0.05) is 20.3 Å². The summed E-state index contributed by atoms with van der Waals surface area (Å²) in [5.41, 5.74) is 0. The molecule has 0 aromatic heterocycles. The van der Waals surface area contributed by atoms with Gasteiger partial charge < -0.3 is 0 Å². The van der Waals surface area contributed by atoms with Crippen molar-refractivity contribution in [3.63, 3.8) is 0 Å². The second-order valence-electron chi connectivity index (χ2n) is 3.74. The Morgan fingerprint density at radius 2 is 1.46 bits per heavy atom. The van der Waals surface area contributed by atoms with Crippen LogP contribution in [0.5, 0.6) is 0 Å². The third-order valence-electron chi connectivity index (χ3n) is 0.956. The lowest BCUT2D eigenvalue weighted by atomic mass is 10.6. The third-order valence-corrected chi connectivity index (χ3v) is 8.60. The van der Waals surface area contributed by atoms with Crippen LogP contribution in [0.15, 0.2) is 13.5 Å². The summed E-state index contributed by atoms with van der Waals surface area (Å²) < 4.78 is 13.3. The predicted molar refractivity (Wildman–Crippen MR) is 67.7 cm³/mol. The Kier molecular flexibility index (Phi) is 5.68. The summed E-state index contributed by atoms with van der Waals surface area (Å²) in [6.07, 6.45) is 1.25. The Hall–Kier alpha value is 0.560. The van der Waals surface area contributed by atoms with E-state index in [9.17, 15) is 0 Å². The highest BCUT2D eigenvalue weighted by molar-refractivity contribution is 7.79. The van der Waals surface area contributed by atoms with Crippen molar-refractivity contribution in [2.24, 2.45) is 13.5 Å². The zero-order chi connectivity index (χ0) is 10.5. The number of rotatable bonds is 0. The molecule has 0 N–H and O–H groups in total. The Morgan fingerprint density at radius 1 is 1.00 bits per heavy atom. The van der Waals surface area contributed by atoms with Gasteiger partial charge in [-0.15, -0.1) is 0 Å². The van der Waals surface area contributed by atoms with E-state index in [1.165, 1.54) is 6.42 Å². The van der Waals surface area contributed by atoms with E-state index in [0.29, 0.717) is 0 Å². The summed E-state index contributed by atoms with van der Waals surface area (Å²) in [4.78, 5) is 0. The van der Waals surface area contributed by atoms with Crippen LogP contribution in [-0.4, -0.2) is 26.7 Å². The number of nitrogens with zero attached hydrogens (tertiary/aromatic N) is 3. The molecular weight excluding hydrogens is 219 g/mol. The highest BCUT2D eigenvalue weighted by Crippen LogP contribution is 2.63. The van der Waals surface area contributed by atoms with Crippen molar-refractivity contribution >= 4 is 22.9 Å². The molecular formula is C7H20N3P3. The first kappa shape index (κ1) is 13.6. The zero-order valence-electron chi connectivity index (χ0n) is 9.39. The second-order valence-corrected chi connectivity index (χ2v) is 11.4. The van der Waals surface area contributed by atoms with Gasteiger partial charge in [-0.05, 0) is 26.7 Å². The Labute approximate surface area is 83.9 Å². The largest absolute Gasteiger partial charge is 0.241 e. The summed E-state index contributed by atoms with van der Waals surface area (Å²) in [6, 6.07) is 0. The smallest absolute Gasteiger partial charge is 0.154 e. The average Bonchev–Trinajstić information content (AvgIpc) is 1.82. The van der Waals surface area contributed by atoms with Gasteiger partial charge >= 0.3 is 0 Å². The molecule has 0 bridgehead atoms. The van der Waals surface area contributed by atoms with Crippen molar-refractivity contribution < 1.29 is 0 Å². The fourth-order valence-electron chi connectivity index (χ4n) is 0.785. The van der Waals surface area contributed by atoms with E-state index in [1.54, 1.807) is 0 Å². The molecule has 13 heavy (non-hydrogen) atoms. The molecule has 0 saturated carbocycles. The van der Waals surface area contributed by atoms with Crippen LogP contribution in [0.2, 0.25) is 0 Å².